The summed E-state index contributed by atoms with van der Waals surface area (Å²) < 4.78 is 35.1. The highest BCUT2D eigenvalue weighted by Crippen LogP contribution is 2.31. The Morgan fingerprint density at radius 2 is 1.71 bits per heavy atom. The summed E-state index contributed by atoms with van der Waals surface area (Å²) in [6.07, 6.45) is 1.78. The fourth-order valence-electron chi connectivity index (χ4n) is 4.83. The van der Waals surface area contributed by atoms with Crippen LogP contribution >= 0.6 is 0 Å². The van der Waals surface area contributed by atoms with E-state index in [1.807, 2.05) is 30.3 Å². The van der Waals surface area contributed by atoms with Gasteiger partial charge in [0, 0.05) is 47.1 Å². The number of aromatic nitrogens is 1. The number of anilines is 1. The predicted octanol–water partition coefficient (Wildman–Crippen LogP) is 4.92. The van der Waals surface area contributed by atoms with Crippen molar-refractivity contribution in [3.63, 3.8) is 0 Å². The van der Waals surface area contributed by atoms with E-state index in [1.54, 1.807) is 25.1 Å². The zero-order valence-corrected chi connectivity index (χ0v) is 20.8. The van der Waals surface area contributed by atoms with Crippen LogP contribution in [0.25, 0.3) is 21.8 Å². The molecule has 1 amide bonds. The Kier molecular flexibility index (Phi) is 6.25. The summed E-state index contributed by atoms with van der Waals surface area (Å²) in [4.78, 5) is 12.9. The maximum Gasteiger partial charge on any atom is 0.262 e. The van der Waals surface area contributed by atoms with E-state index < -0.39 is 10.0 Å². The molecule has 1 saturated heterocycles. The smallest absolute Gasteiger partial charge is 0.262 e. The van der Waals surface area contributed by atoms with Crippen LogP contribution in [0.1, 0.15) is 25.3 Å². The molecule has 1 N–H and O–H groups in total. The Morgan fingerprint density at radius 3 is 2.46 bits per heavy atom. The number of sulfonamides is 1. The molecule has 0 saturated carbocycles. The Bertz CT molecular complexity index is 1520. The van der Waals surface area contributed by atoms with Crippen LogP contribution in [-0.4, -0.2) is 42.9 Å². The van der Waals surface area contributed by atoms with Crippen LogP contribution in [0.5, 0.6) is 5.75 Å². The second-order valence-electron chi connectivity index (χ2n) is 8.87. The maximum absolute atomic E-state index is 12.8. The molecule has 1 fully saturated rings. The molecule has 182 valence electrons. The third kappa shape index (κ3) is 4.39. The summed E-state index contributed by atoms with van der Waals surface area (Å²) >= 11 is 0. The van der Waals surface area contributed by atoms with Crippen molar-refractivity contribution >= 4 is 43.4 Å². The highest BCUT2D eigenvalue weighted by molar-refractivity contribution is 7.89. The van der Waals surface area contributed by atoms with E-state index in [-0.39, 0.29) is 17.4 Å². The SMILES string of the molecule is CCn1c2ccccc2c2cc(NC(=O)COc3ccc(S(=O)(=O)N4CCCC4)cc3C)ccc21. The first-order valence-electron chi connectivity index (χ1n) is 11.9. The predicted molar refractivity (Wildman–Crippen MR) is 138 cm³/mol. The number of hydrogen-bond donors (Lipinski definition) is 1. The standard InChI is InChI=1S/C27H29N3O4S/c1-3-30-24-9-5-4-8-22(24)23-17-20(10-12-25(23)30)28-27(31)18-34-26-13-11-21(16-19(26)2)35(32,33)29-14-6-7-15-29/h4-5,8-13,16-17H,3,6-7,14-15,18H2,1-2H3,(H,28,31). The van der Waals surface area contributed by atoms with Crippen LogP contribution in [-0.2, 0) is 21.4 Å². The molecule has 0 aliphatic carbocycles. The molecule has 3 aromatic carbocycles. The van der Waals surface area contributed by atoms with Crippen LogP contribution in [0.3, 0.4) is 0 Å². The van der Waals surface area contributed by atoms with E-state index >= 15 is 0 Å². The number of para-hydroxylation sites is 1. The lowest BCUT2D eigenvalue weighted by molar-refractivity contribution is -0.118. The largest absolute Gasteiger partial charge is 0.483 e. The van der Waals surface area contributed by atoms with Crippen molar-refractivity contribution in [3.05, 3.63) is 66.2 Å². The summed E-state index contributed by atoms with van der Waals surface area (Å²) in [5.41, 5.74) is 3.67. The number of fused-ring (bicyclic) bond motifs is 3. The van der Waals surface area contributed by atoms with Gasteiger partial charge in [-0.3, -0.25) is 4.79 Å². The summed E-state index contributed by atoms with van der Waals surface area (Å²) in [6, 6.07) is 18.9. The van der Waals surface area contributed by atoms with Gasteiger partial charge in [0.2, 0.25) is 10.0 Å². The third-order valence-corrected chi connectivity index (χ3v) is 8.47. The molecule has 0 bridgehead atoms. The number of nitrogens with zero attached hydrogens (tertiary/aromatic N) is 2. The van der Waals surface area contributed by atoms with Crippen molar-refractivity contribution in [2.75, 3.05) is 25.0 Å². The molecule has 5 rings (SSSR count). The molecular formula is C27H29N3O4S. The Hall–Kier alpha value is -3.36. The number of nitrogens with one attached hydrogen (secondary N) is 1. The van der Waals surface area contributed by atoms with Crippen molar-refractivity contribution in [1.82, 2.24) is 8.87 Å². The first-order valence-corrected chi connectivity index (χ1v) is 13.4. The molecule has 0 unspecified atom stereocenters. The lowest BCUT2D eigenvalue weighted by Crippen LogP contribution is -2.27. The topological polar surface area (TPSA) is 80.6 Å². The summed E-state index contributed by atoms with van der Waals surface area (Å²) in [7, 11) is -3.49. The molecule has 4 aromatic rings. The monoisotopic (exact) mass is 491 g/mol. The minimum atomic E-state index is -3.49. The lowest BCUT2D eigenvalue weighted by Gasteiger charge is -2.17. The summed E-state index contributed by atoms with van der Waals surface area (Å²) in [5.74, 6) is 0.207. The average molecular weight is 492 g/mol. The van der Waals surface area contributed by atoms with E-state index in [4.69, 9.17) is 4.74 Å². The summed E-state index contributed by atoms with van der Waals surface area (Å²) in [5, 5.41) is 5.15. The number of rotatable bonds is 7. The van der Waals surface area contributed by atoms with Crippen molar-refractivity contribution in [3.8, 4) is 5.75 Å². The van der Waals surface area contributed by atoms with E-state index in [0.717, 1.165) is 35.7 Å². The Morgan fingerprint density at radius 1 is 0.971 bits per heavy atom. The van der Waals surface area contributed by atoms with E-state index in [2.05, 4.69) is 28.9 Å². The van der Waals surface area contributed by atoms with E-state index in [0.29, 0.717) is 30.1 Å². The molecule has 8 heteroatoms. The summed E-state index contributed by atoms with van der Waals surface area (Å²) in [6.45, 7) is 5.72. The second kappa shape index (κ2) is 9.36. The quantitative estimate of drug-likeness (QED) is 0.398. The van der Waals surface area contributed by atoms with Crippen LogP contribution in [0, 0.1) is 6.92 Å². The molecule has 1 aliphatic heterocycles. The molecule has 2 heterocycles. The average Bonchev–Trinajstić information content (AvgIpc) is 3.50. The fourth-order valence-corrected chi connectivity index (χ4v) is 6.44. The number of carbonyl (C=O) groups is 1. The van der Waals surface area contributed by atoms with Crippen LogP contribution in [0.4, 0.5) is 5.69 Å². The van der Waals surface area contributed by atoms with Gasteiger partial charge in [0.05, 0.1) is 4.90 Å². The molecule has 7 nitrogen and oxygen atoms in total. The molecule has 1 aromatic heterocycles. The van der Waals surface area contributed by atoms with Gasteiger partial charge in [0.15, 0.2) is 6.61 Å². The molecule has 35 heavy (non-hydrogen) atoms. The van der Waals surface area contributed by atoms with Crippen molar-refractivity contribution in [1.29, 1.82) is 0 Å². The normalized spacial score (nSPS) is 14.6. The van der Waals surface area contributed by atoms with Crippen LogP contribution in [0.2, 0.25) is 0 Å². The highest BCUT2D eigenvalue weighted by atomic mass is 32.2. The number of aryl methyl sites for hydroxylation is 2. The first kappa shape index (κ1) is 23.4. The molecule has 0 spiro atoms. The zero-order valence-electron chi connectivity index (χ0n) is 20.0. The second-order valence-corrected chi connectivity index (χ2v) is 10.8. The Balaban J connectivity index is 1.28. The van der Waals surface area contributed by atoms with Gasteiger partial charge >= 0.3 is 0 Å². The first-order chi connectivity index (χ1) is 16.9. The zero-order chi connectivity index (χ0) is 24.6. The number of benzene rings is 3. The number of ether oxygens (including phenoxy) is 1. The van der Waals surface area contributed by atoms with Gasteiger partial charge in [-0.1, -0.05) is 18.2 Å². The van der Waals surface area contributed by atoms with Gasteiger partial charge in [0.1, 0.15) is 5.75 Å². The van der Waals surface area contributed by atoms with Gasteiger partial charge in [-0.15, -0.1) is 0 Å². The van der Waals surface area contributed by atoms with Gasteiger partial charge < -0.3 is 14.6 Å². The maximum atomic E-state index is 12.8. The van der Waals surface area contributed by atoms with Gasteiger partial charge in [-0.2, -0.15) is 4.31 Å². The third-order valence-electron chi connectivity index (χ3n) is 6.58. The van der Waals surface area contributed by atoms with Crippen molar-refractivity contribution < 1.29 is 17.9 Å². The minimum Gasteiger partial charge on any atom is -0.483 e. The number of hydrogen-bond acceptors (Lipinski definition) is 4. The van der Waals surface area contributed by atoms with E-state index in [9.17, 15) is 13.2 Å². The van der Waals surface area contributed by atoms with Gasteiger partial charge in [-0.25, -0.2) is 8.42 Å². The molecule has 0 radical (unpaired) electrons. The molecular weight excluding hydrogens is 462 g/mol. The van der Waals surface area contributed by atoms with Gasteiger partial charge in [0.25, 0.3) is 5.91 Å². The van der Waals surface area contributed by atoms with E-state index in [1.165, 1.54) is 9.82 Å². The molecule has 0 atom stereocenters. The van der Waals surface area contributed by atoms with Gasteiger partial charge in [-0.05, 0) is 74.7 Å². The van der Waals surface area contributed by atoms with Crippen molar-refractivity contribution in [2.45, 2.75) is 38.1 Å². The lowest BCUT2D eigenvalue weighted by atomic mass is 10.1. The fraction of sp³-hybridized carbons (Fsp3) is 0.296. The van der Waals surface area contributed by atoms with Crippen LogP contribution in [0.15, 0.2) is 65.6 Å². The molecule has 1 aliphatic rings. The Labute approximate surface area is 205 Å². The minimum absolute atomic E-state index is 0.173. The van der Waals surface area contributed by atoms with Crippen LogP contribution < -0.4 is 10.1 Å². The number of carbonyl (C=O) groups excluding carboxylic acids is 1. The number of amides is 1. The highest BCUT2D eigenvalue weighted by Gasteiger charge is 2.27. The van der Waals surface area contributed by atoms with Crippen molar-refractivity contribution in [2.24, 2.45) is 0 Å².